The molecule has 0 saturated heterocycles. The SMILES string of the molecule is COc1ccc(CNc2nccc3ccc(-c4ccc5nccn5c4)cc23)cc1. The molecule has 5 nitrogen and oxygen atoms in total. The fourth-order valence-electron chi connectivity index (χ4n) is 3.51. The van der Waals surface area contributed by atoms with E-state index in [1.54, 1.807) is 7.11 Å². The largest absolute Gasteiger partial charge is 0.497 e. The highest BCUT2D eigenvalue weighted by Crippen LogP contribution is 2.28. The van der Waals surface area contributed by atoms with Gasteiger partial charge in [0.15, 0.2) is 0 Å². The zero-order valence-electron chi connectivity index (χ0n) is 16.0. The minimum Gasteiger partial charge on any atom is -0.497 e. The molecule has 0 radical (unpaired) electrons. The average molecular weight is 380 g/mol. The lowest BCUT2D eigenvalue weighted by Crippen LogP contribution is -2.02. The second kappa shape index (κ2) is 7.28. The van der Waals surface area contributed by atoms with Crippen LogP contribution in [-0.2, 0) is 6.54 Å². The van der Waals surface area contributed by atoms with Crippen molar-refractivity contribution in [3.8, 4) is 16.9 Å². The van der Waals surface area contributed by atoms with Gasteiger partial charge in [-0.2, -0.15) is 0 Å². The van der Waals surface area contributed by atoms with Crippen LogP contribution in [0.1, 0.15) is 5.56 Å². The maximum absolute atomic E-state index is 5.23. The van der Waals surface area contributed by atoms with Gasteiger partial charge in [0.25, 0.3) is 0 Å². The number of hydrogen-bond donors (Lipinski definition) is 1. The molecule has 1 N–H and O–H groups in total. The van der Waals surface area contributed by atoms with Gasteiger partial charge in [-0.05, 0) is 58.5 Å². The smallest absolute Gasteiger partial charge is 0.136 e. The summed E-state index contributed by atoms with van der Waals surface area (Å²) in [5, 5.41) is 5.74. The van der Waals surface area contributed by atoms with E-state index in [1.165, 1.54) is 5.56 Å². The van der Waals surface area contributed by atoms with Crippen LogP contribution in [0, 0.1) is 0 Å². The van der Waals surface area contributed by atoms with E-state index in [4.69, 9.17) is 4.74 Å². The average Bonchev–Trinajstić information content (AvgIpc) is 3.25. The number of ether oxygens (including phenoxy) is 1. The van der Waals surface area contributed by atoms with Gasteiger partial charge in [0.1, 0.15) is 17.2 Å². The van der Waals surface area contributed by atoms with E-state index in [2.05, 4.69) is 57.9 Å². The molecule has 0 unspecified atom stereocenters. The Morgan fingerprint density at radius 2 is 1.76 bits per heavy atom. The van der Waals surface area contributed by atoms with Gasteiger partial charge < -0.3 is 14.5 Å². The number of nitrogens with zero attached hydrogens (tertiary/aromatic N) is 3. The van der Waals surface area contributed by atoms with Crippen LogP contribution >= 0.6 is 0 Å². The first kappa shape index (κ1) is 17.3. The first-order valence-electron chi connectivity index (χ1n) is 9.49. The lowest BCUT2D eigenvalue weighted by Gasteiger charge is -2.11. The highest BCUT2D eigenvalue weighted by atomic mass is 16.5. The molecule has 0 amide bonds. The van der Waals surface area contributed by atoms with Crippen molar-refractivity contribution in [1.82, 2.24) is 14.4 Å². The molecule has 0 aliphatic heterocycles. The molecule has 142 valence electrons. The first-order chi connectivity index (χ1) is 14.3. The molecular weight excluding hydrogens is 360 g/mol. The Kier molecular flexibility index (Phi) is 4.33. The highest BCUT2D eigenvalue weighted by Gasteiger charge is 2.07. The highest BCUT2D eigenvalue weighted by molar-refractivity contribution is 5.95. The summed E-state index contributed by atoms with van der Waals surface area (Å²) in [5.74, 6) is 1.74. The van der Waals surface area contributed by atoms with Crippen molar-refractivity contribution in [3.63, 3.8) is 0 Å². The van der Waals surface area contributed by atoms with Crippen molar-refractivity contribution in [2.75, 3.05) is 12.4 Å². The summed E-state index contributed by atoms with van der Waals surface area (Å²) in [6, 6.07) is 20.7. The van der Waals surface area contributed by atoms with Crippen molar-refractivity contribution in [3.05, 3.63) is 91.0 Å². The summed E-state index contributed by atoms with van der Waals surface area (Å²) in [6.45, 7) is 0.696. The van der Waals surface area contributed by atoms with Gasteiger partial charge in [-0.15, -0.1) is 0 Å². The number of anilines is 1. The Hall–Kier alpha value is -3.86. The second-order valence-electron chi connectivity index (χ2n) is 6.91. The van der Waals surface area contributed by atoms with Gasteiger partial charge >= 0.3 is 0 Å². The molecule has 0 bridgehead atoms. The quantitative estimate of drug-likeness (QED) is 0.457. The molecule has 0 spiro atoms. The third kappa shape index (κ3) is 3.38. The molecule has 0 saturated carbocycles. The lowest BCUT2D eigenvalue weighted by atomic mass is 10.0. The third-order valence-electron chi connectivity index (χ3n) is 5.11. The van der Waals surface area contributed by atoms with Gasteiger partial charge in [0.2, 0.25) is 0 Å². The number of rotatable bonds is 5. The van der Waals surface area contributed by atoms with Gasteiger partial charge in [-0.3, -0.25) is 0 Å². The van der Waals surface area contributed by atoms with E-state index in [1.807, 2.05) is 47.3 Å². The summed E-state index contributed by atoms with van der Waals surface area (Å²) in [4.78, 5) is 8.90. The Balaban J connectivity index is 1.47. The molecule has 2 aromatic carbocycles. The minimum atomic E-state index is 0.696. The van der Waals surface area contributed by atoms with Crippen LogP contribution in [0.25, 0.3) is 27.5 Å². The van der Waals surface area contributed by atoms with E-state index in [-0.39, 0.29) is 0 Å². The molecule has 0 aliphatic carbocycles. The van der Waals surface area contributed by atoms with Gasteiger partial charge in [0, 0.05) is 36.7 Å². The maximum Gasteiger partial charge on any atom is 0.136 e. The number of methoxy groups -OCH3 is 1. The van der Waals surface area contributed by atoms with Crippen LogP contribution in [0.15, 0.2) is 85.5 Å². The van der Waals surface area contributed by atoms with Crippen LogP contribution in [0.4, 0.5) is 5.82 Å². The van der Waals surface area contributed by atoms with E-state index in [0.717, 1.165) is 39.1 Å². The molecule has 3 aromatic heterocycles. The maximum atomic E-state index is 5.23. The standard InChI is InChI=1S/C24H20N4O/c1-29-21-7-2-17(3-8-21)15-27-24-22-14-19(5-4-18(22)10-11-26-24)20-6-9-23-25-12-13-28(23)16-20/h2-14,16H,15H2,1H3,(H,26,27). The van der Waals surface area contributed by atoms with Crippen LogP contribution in [0.5, 0.6) is 5.75 Å². The van der Waals surface area contributed by atoms with E-state index >= 15 is 0 Å². The Morgan fingerprint density at radius 3 is 2.62 bits per heavy atom. The monoisotopic (exact) mass is 380 g/mol. The molecule has 3 heterocycles. The number of imidazole rings is 1. The fourth-order valence-corrected chi connectivity index (χ4v) is 3.51. The van der Waals surface area contributed by atoms with Crippen molar-refractivity contribution < 1.29 is 4.74 Å². The zero-order chi connectivity index (χ0) is 19.6. The van der Waals surface area contributed by atoms with Crippen molar-refractivity contribution in [2.45, 2.75) is 6.54 Å². The Morgan fingerprint density at radius 1 is 0.897 bits per heavy atom. The number of nitrogens with one attached hydrogen (secondary N) is 1. The number of fused-ring (bicyclic) bond motifs is 2. The number of aromatic nitrogens is 3. The summed E-state index contributed by atoms with van der Waals surface area (Å²) < 4.78 is 7.26. The zero-order valence-corrected chi connectivity index (χ0v) is 16.0. The topological polar surface area (TPSA) is 51.5 Å². The van der Waals surface area contributed by atoms with Gasteiger partial charge in [-0.1, -0.05) is 24.3 Å². The van der Waals surface area contributed by atoms with Crippen molar-refractivity contribution >= 4 is 22.2 Å². The lowest BCUT2D eigenvalue weighted by molar-refractivity contribution is 0.414. The van der Waals surface area contributed by atoms with Crippen molar-refractivity contribution in [2.24, 2.45) is 0 Å². The molecule has 0 aliphatic rings. The van der Waals surface area contributed by atoms with Crippen LogP contribution in [0.3, 0.4) is 0 Å². The van der Waals surface area contributed by atoms with E-state index < -0.39 is 0 Å². The van der Waals surface area contributed by atoms with Gasteiger partial charge in [0.05, 0.1) is 7.11 Å². The second-order valence-corrected chi connectivity index (χ2v) is 6.91. The molecule has 29 heavy (non-hydrogen) atoms. The molecular formula is C24H20N4O. The number of pyridine rings is 2. The first-order valence-corrected chi connectivity index (χ1v) is 9.49. The number of benzene rings is 2. The van der Waals surface area contributed by atoms with Crippen LogP contribution < -0.4 is 10.1 Å². The molecule has 5 rings (SSSR count). The molecule has 0 fully saturated rings. The predicted molar refractivity (Wildman–Crippen MR) is 116 cm³/mol. The van der Waals surface area contributed by atoms with E-state index in [9.17, 15) is 0 Å². The van der Waals surface area contributed by atoms with Crippen LogP contribution in [-0.4, -0.2) is 21.5 Å². The normalized spacial score (nSPS) is 11.1. The minimum absolute atomic E-state index is 0.696. The summed E-state index contributed by atoms with van der Waals surface area (Å²) >= 11 is 0. The summed E-state index contributed by atoms with van der Waals surface area (Å²) in [5.41, 5.74) is 4.40. The summed E-state index contributed by atoms with van der Waals surface area (Å²) in [6.07, 6.45) is 7.72. The third-order valence-corrected chi connectivity index (χ3v) is 5.11. The van der Waals surface area contributed by atoms with Crippen molar-refractivity contribution in [1.29, 1.82) is 0 Å². The van der Waals surface area contributed by atoms with Crippen LogP contribution in [0.2, 0.25) is 0 Å². The predicted octanol–water partition coefficient (Wildman–Crippen LogP) is 5.17. The molecule has 0 atom stereocenters. The van der Waals surface area contributed by atoms with Gasteiger partial charge in [-0.25, -0.2) is 9.97 Å². The number of hydrogen-bond acceptors (Lipinski definition) is 4. The molecule has 5 aromatic rings. The summed E-state index contributed by atoms with van der Waals surface area (Å²) in [7, 11) is 1.68. The fraction of sp³-hybridized carbons (Fsp3) is 0.0833. The Bertz CT molecular complexity index is 1290. The van der Waals surface area contributed by atoms with E-state index in [0.29, 0.717) is 6.54 Å². The molecule has 5 heteroatoms. The Labute approximate surface area is 168 Å².